The van der Waals surface area contributed by atoms with Crippen molar-refractivity contribution in [3.8, 4) is 0 Å². The summed E-state index contributed by atoms with van der Waals surface area (Å²) in [5, 5.41) is 0.606. The summed E-state index contributed by atoms with van der Waals surface area (Å²) >= 11 is 6.01. The van der Waals surface area contributed by atoms with E-state index in [0.717, 1.165) is 11.1 Å². The smallest absolute Gasteiger partial charge is 0.246 e. The van der Waals surface area contributed by atoms with Gasteiger partial charge < -0.3 is 9.64 Å². The van der Waals surface area contributed by atoms with E-state index in [1.165, 1.54) is 18.2 Å². The maximum atomic E-state index is 14.0. The van der Waals surface area contributed by atoms with Gasteiger partial charge in [-0.3, -0.25) is 9.69 Å². The van der Waals surface area contributed by atoms with Gasteiger partial charge in [0, 0.05) is 49.4 Å². The summed E-state index contributed by atoms with van der Waals surface area (Å²) in [6, 6.07) is 11.0. The maximum absolute atomic E-state index is 14.0. The van der Waals surface area contributed by atoms with Crippen LogP contribution < -0.4 is 0 Å². The Morgan fingerprint density at radius 3 is 2.26 bits per heavy atom. The van der Waals surface area contributed by atoms with Crippen molar-refractivity contribution in [3.05, 3.63) is 81.9 Å². The first-order chi connectivity index (χ1) is 14.8. The summed E-state index contributed by atoms with van der Waals surface area (Å²) in [6.45, 7) is 6.82. The molecular weight excluding hydrogens is 422 g/mol. The number of benzene rings is 2. The van der Waals surface area contributed by atoms with Crippen LogP contribution in [0.3, 0.4) is 0 Å². The monoisotopic (exact) mass is 448 g/mol. The van der Waals surface area contributed by atoms with Gasteiger partial charge in [-0.25, -0.2) is 8.78 Å². The molecule has 0 unspecified atom stereocenters. The highest BCUT2D eigenvalue weighted by atomic mass is 35.5. The van der Waals surface area contributed by atoms with E-state index in [2.05, 4.69) is 4.90 Å². The third kappa shape index (κ3) is 6.60. The molecule has 4 nitrogen and oxygen atoms in total. The van der Waals surface area contributed by atoms with E-state index in [1.54, 1.807) is 18.2 Å². The fraction of sp³-hybridized carbons (Fsp3) is 0.375. The zero-order chi connectivity index (χ0) is 22.4. The topological polar surface area (TPSA) is 32.8 Å². The van der Waals surface area contributed by atoms with Crippen LogP contribution in [0.5, 0.6) is 0 Å². The van der Waals surface area contributed by atoms with Crippen molar-refractivity contribution >= 4 is 17.5 Å². The number of piperazine rings is 1. The fourth-order valence-electron chi connectivity index (χ4n) is 3.51. The van der Waals surface area contributed by atoms with Crippen molar-refractivity contribution in [1.82, 2.24) is 9.80 Å². The zero-order valence-electron chi connectivity index (χ0n) is 17.8. The Morgan fingerprint density at radius 2 is 1.68 bits per heavy atom. The zero-order valence-corrected chi connectivity index (χ0v) is 18.5. The van der Waals surface area contributed by atoms with Crippen molar-refractivity contribution in [1.29, 1.82) is 0 Å². The van der Waals surface area contributed by atoms with Crippen molar-refractivity contribution in [2.24, 2.45) is 0 Å². The minimum atomic E-state index is -0.624. The average molecular weight is 449 g/mol. The lowest BCUT2D eigenvalue weighted by Crippen LogP contribution is -2.49. The largest absolute Gasteiger partial charge is 0.367 e. The van der Waals surface area contributed by atoms with Gasteiger partial charge in [-0.05, 0) is 43.7 Å². The summed E-state index contributed by atoms with van der Waals surface area (Å²) < 4.78 is 34.1. The van der Waals surface area contributed by atoms with Gasteiger partial charge in [-0.2, -0.15) is 0 Å². The predicted molar refractivity (Wildman–Crippen MR) is 118 cm³/mol. The Kier molecular flexibility index (Phi) is 8.18. The molecule has 0 saturated carbocycles. The third-order valence-electron chi connectivity index (χ3n) is 5.25. The van der Waals surface area contributed by atoms with E-state index in [-0.39, 0.29) is 18.1 Å². The fourth-order valence-corrected chi connectivity index (χ4v) is 3.64. The van der Waals surface area contributed by atoms with Crippen LogP contribution in [0.25, 0.3) is 0 Å². The van der Waals surface area contributed by atoms with Crippen LogP contribution in [0, 0.1) is 11.6 Å². The molecule has 31 heavy (non-hydrogen) atoms. The highest BCUT2D eigenvalue weighted by Gasteiger charge is 2.24. The Morgan fingerprint density at radius 1 is 1.06 bits per heavy atom. The van der Waals surface area contributed by atoms with Crippen molar-refractivity contribution in [2.45, 2.75) is 26.6 Å². The van der Waals surface area contributed by atoms with Gasteiger partial charge in [-0.15, -0.1) is 0 Å². The van der Waals surface area contributed by atoms with Gasteiger partial charge in [0.05, 0.1) is 12.7 Å². The van der Waals surface area contributed by atoms with Gasteiger partial charge in [0.15, 0.2) is 0 Å². The summed E-state index contributed by atoms with van der Waals surface area (Å²) in [6.07, 6.45) is 1.26. The Labute approximate surface area is 187 Å². The van der Waals surface area contributed by atoms with Crippen LogP contribution in [0.2, 0.25) is 5.02 Å². The number of allylic oxidation sites excluding steroid dienone is 1. The van der Waals surface area contributed by atoms with Gasteiger partial charge in [0.2, 0.25) is 5.91 Å². The summed E-state index contributed by atoms with van der Waals surface area (Å²) in [4.78, 5) is 16.3. The summed E-state index contributed by atoms with van der Waals surface area (Å²) in [7, 11) is 0. The lowest BCUT2D eigenvalue weighted by molar-refractivity contribution is -0.128. The molecule has 2 aromatic carbocycles. The Bertz CT molecular complexity index is 901. The van der Waals surface area contributed by atoms with Crippen molar-refractivity contribution in [3.63, 3.8) is 0 Å². The van der Waals surface area contributed by atoms with E-state index in [4.69, 9.17) is 16.3 Å². The second-order valence-corrected chi connectivity index (χ2v) is 8.34. The van der Waals surface area contributed by atoms with Crippen LogP contribution in [0.15, 0.2) is 54.1 Å². The van der Waals surface area contributed by atoms with E-state index < -0.39 is 17.7 Å². The molecule has 0 aliphatic carbocycles. The highest BCUT2D eigenvalue weighted by molar-refractivity contribution is 6.30. The first-order valence-electron chi connectivity index (χ1n) is 10.3. The molecule has 0 radical (unpaired) electrons. The number of nitrogens with zero attached hydrogens (tertiary/aromatic N) is 2. The average Bonchev–Trinajstić information content (AvgIpc) is 2.73. The molecule has 2 aromatic rings. The molecule has 1 saturated heterocycles. The quantitative estimate of drug-likeness (QED) is 0.559. The minimum Gasteiger partial charge on any atom is -0.367 e. The van der Waals surface area contributed by atoms with Crippen molar-refractivity contribution in [2.75, 3.05) is 32.7 Å². The number of halogens is 3. The number of carbonyl (C=O) groups excluding carboxylic acids is 1. The molecule has 1 aliphatic heterocycles. The lowest BCUT2D eigenvalue weighted by atomic mass is 10.1. The van der Waals surface area contributed by atoms with E-state index >= 15 is 0 Å². The number of amides is 1. The standard InChI is InChI=1S/C24H27ClF2N2O2/c1-17(2)14-24(30)29-12-10-28(11-13-29)15-23(18-6-8-19(25)9-7-18)31-16-20-21(26)4-3-5-22(20)27/h3-9,14,23H,10-13,15-16H2,1-2H3/t23-/m0/s1. The summed E-state index contributed by atoms with van der Waals surface area (Å²) in [5.41, 5.74) is 1.77. The molecule has 1 aliphatic rings. The molecule has 1 fully saturated rings. The second kappa shape index (κ2) is 10.8. The van der Waals surface area contributed by atoms with Crippen LogP contribution in [0.1, 0.15) is 31.1 Å². The van der Waals surface area contributed by atoms with Crippen LogP contribution in [-0.2, 0) is 16.1 Å². The van der Waals surface area contributed by atoms with Crippen LogP contribution in [-0.4, -0.2) is 48.4 Å². The van der Waals surface area contributed by atoms with Gasteiger partial charge in [0.25, 0.3) is 0 Å². The first-order valence-corrected chi connectivity index (χ1v) is 10.7. The molecule has 166 valence electrons. The lowest BCUT2D eigenvalue weighted by Gasteiger charge is -2.36. The molecule has 1 amide bonds. The molecule has 7 heteroatoms. The number of carbonyl (C=O) groups is 1. The molecule has 3 rings (SSSR count). The molecule has 0 spiro atoms. The minimum absolute atomic E-state index is 0.0279. The number of ether oxygens (including phenoxy) is 1. The van der Waals surface area contributed by atoms with E-state index in [9.17, 15) is 13.6 Å². The Hall–Kier alpha value is -2.28. The molecule has 1 heterocycles. The maximum Gasteiger partial charge on any atom is 0.246 e. The molecular formula is C24H27ClF2N2O2. The normalized spacial score (nSPS) is 15.6. The molecule has 0 N–H and O–H groups in total. The van der Waals surface area contributed by atoms with Gasteiger partial charge in [0.1, 0.15) is 11.6 Å². The van der Waals surface area contributed by atoms with Gasteiger partial charge >= 0.3 is 0 Å². The number of rotatable bonds is 7. The predicted octanol–water partition coefficient (Wildman–Crippen LogP) is 4.99. The first kappa shape index (κ1) is 23.4. The number of hydrogen-bond donors (Lipinski definition) is 0. The van der Waals surface area contributed by atoms with Crippen LogP contribution >= 0.6 is 11.6 Å². The molecule has 0 aromatic heterocycles. The summed E-state index contributed by atoms with van der Waals surface area (Å²) in [5.74, 6) is -1.22. The second-order valence-electron chi connectivity index (χ2n) is 7.90. The van der Waals surface area contributed by atoms with Gasteiger partial charge in [-0.1, -0.05) is 35.4 Å². The van der Waals surface area contributed by atoms with E-state index in [0.29, 0.717) is 37.7 Å². The van der Waals surface area contributed by atoms with Crippen molar-refractivity contribution < 1.29 is 18.3 Å². The molecule has 0 bridgehead atoms. The number of hydrogen-bond acceptors (Lipinski definition) is 3. The van der Waals surface area contributed by atoms with E-state index in [1.807, 2.05) is 30.9 Å². The SMILES string of the molecule is CC(C)=CC(=O)N1CCN(C[C@H](OCc2c(F)cccc2F)c2ccc(Cl)cc2)CC1. The highest BCUT2D eigenvalue weighted by Crippen LogP contribution is 2.24. The molecule has 1 atom stereocenters. The van der Waals surface area contributed by atoms with Crippen LogP contribution in [0.4, 0.5) is 8.78 Å². The third-order valence-corrected chi connectivity index (χ3v) is 5.50. The Balaban J connectivity index is 1.67.